The van der Waals surface area contributed by atoms with E-state index in [1.807, 2.05) is 68.4 Å². The Kier molecular flexibility index (Phi) is 7.17. The van der Waals surface area contributed by atoms with Crippen LogP contribution in [0.1, 0.15) is 32.2 Å². The molecule has 0 saturated carbocycles. The fraction of sp³-hybridized carbons (Fsp3) is 0.320. The maximum absolute atomic E-state index is 12.5. The van der Waals surface area contributed by atoms with Crippen LogP contribution < -0.4 is 10.3 Å². The number of Topliss-reactive ketones (excluding diaryl/α,β-unsaturated/α-hetero) is 1. The Morgan fingerprint density at radius 1 is 1.10 bits per heavy atom. The number of nitrogens with zero attached hydrogens (tertiary/aromatic N) is 2. The van der Waals surface area contributed by atoms with Crippen LogP contribution in [-0.2, 0) is 24.2 Å². The van der Waals surface area contributed by atoms with Crippen LogP contribution in [0.2, 0.25) is 0 Å². The third-order valence-electron chi connectivity index (χ3n) is 5.23. The summed E-state index contributed by atoms with van der Waals surface area (Å²) >= 11 is 0. The average Bonchev–Trinajstić information content (AvgIpc) is 2.75. The highest BCUT2D eigenvalue weighted by atomic mass is 16.5. The maximum atomic E-state index is 12.5. The molecule has 30 heavy (non-hydrogen) atoms. The summed E-state index contributed by atoms with van der Waals surface area (Å²) < 4.78 is 7.56. The Balaban J connectivity index is 1.67. The Labute approximate surface area is 177 Å². The van der Waals surface area contributed by atoms with Crippen LogP contribution >= 0.6 is 0 Å². The van der Waals surface area contributed by atoms with E-state index in [2.05, 4.69) is 0 Å². The third kappa shape index (κ3) is 5.44. The molecule has 3 aromatic rings. The predicted molar refractivity (Wildman–Crippen MR) is 119 cm³/mol. The van der Waals surface area contributed by atoms with Gasteiger partial charge in [0.15, 0.2) is 0 Å². The highest BCUT2D eigenvalue weighted by Crippen LogP contribution is 2.17. The normalized spacial score (nSPS) is 11.8. The van der Waals surface area contributed by atoms with Crippen LogP contribution in [0.4, 0.5) is 0 Å². The van der Waals surface area contributed by atoms with Gasteiger partial charge in [-0.1, -0.05) is 49.4 Å². The molecule has 0 bridgehead atoms. The zero-order valence-electron chi connectivity index (χ0n) is 17.8. The van der Waals surface area contributed by atoms with Gasteiger partial charge in [0, 0.05) is 30.5 Å². The van der Waals surface area contributed by atoms with Crippen molar-refractivity contribution in [1.29, 1.82) is 0 Å². The van der Waals surface area contributed by atoms with Gasteiger partial charge in [0.25, 0.3) is 5.56 Å². The van der Waals surface area contributed by atoms with E-state index in [9.17, 15) is 9.59 Å². The van der Waals surface area contributed by atoms with Crippen molar-refractivity contribution in [3.63, 3.8) is 0 Å². The van der Waals surface area contributed by atoms with Crippen molar-refractivity contribution in [3.05, 3.63) is 82.4 Å². The molecule has 0 spiro atoms. The molecule has 0 radical (unpaired) electrons. The molecule has 1 aromatic heterocycles. The summed E-state index contributed by atoms with van der Waals surface area (Å²) in [6.45, 7) is 6.50. The number of carbonyl (C=O) groups is 1. The lowest BCUT2D eigenvalue weighted by Gasteiger charge is -2.13. The lowest BCUT2D eigenvalue weighted by atomic mass is 9.98. The molecule has 5 nitrogen and oxygen atoms in total. The number of hydrogen-bond donors (Lipinski definition) is 0. The zero-order chi connectivity index (χ0) is 21.5. The van der Waals surface area contributed by atoms with Gasteiger partial charge in [-0.25, -0.2) is 4.98 Å². The molecule has 0 saturated heterocycles. The summed E-state index contributed by atoms with van der Waals surface area (Å²) in [5.74, 6) is 1.70. The first kappa shape index (κ1) is 21.5. The molecule has 156 valence electrons. The SMILES string of the molecule is CCn1c(CCOc2ccc(CC(C)C(C)=O)cc2)nc(-c2ccccc2)cc1=O. The second kappa shape index (κ2) is 10.0. The Bertz CT molecular complexity index is 1040. The van der Waals surface area contributed by atoms with Crippen molar-refractivity contribution in [2.75, 3.05) is 6.61 Å². The topological polar surface area (TPSA) is 61.2 Å². The largest absolute Gasteiger partial charge is 0.493 e. The van der Waals surface area contributed by atoms with Gasteiger partial charge in [0.2, 0.25) is 0 Å². The van der Waals surface area contributed by atoms with Crippen LogP contribution in [0.25, 0.3) is 11.3 Å². The first-order valence-corrected chi connectivity index (χ1v) is 10.4. The summed E-state index contributed by atoms with van der Waals surface area (Å²) in [6, 6.07) is 19.1. The molecule has 5 heteroatoms. The highest BCUT2D eigenvalue weighted by Gasteiger charge is 2.10. The molecule has 0 aliphatic rings. The highest BCUT2D eigenvalue weighted by molar-refractivity contribution is 5.78. The summed E-state index contributed by atoms with van der Waals surface area (Å²) in [5, 5.41) is 0. The molecular weight excluding hydrogens is 376 g/mol. The van der Waals surface area contributed by atoms with E-state index >= 15 is 0 Å². The lowest BCUT2D eigenvalue weighted by Crippen LogP contribution is -2.25. The van der Waals surface area contributed by atoms with E-state index in [0.717, 1.165) is 29.1 Å². The molecule has 0 aliphatic heterocycles. The molecule has 0 N–H and O–H groups in total. The number of aromatic nitrogens is 2. The van der Waals surface area contributed by atoms with Gasteiger partial charge in [0.1, 0.15) is 17.4 Å². The molecule has 0 fully saturated rings. The number of rotatable bonds is 9. The standard InChI is InChI=1S/C25H28N2O3/c1-4-27-24(26-23(17-25(27)29)21-8-6-5-7-9-21)14-15-30-22-12-10-20(11-13-22)16-18(2)19(3)28/h5-13,17-18H,4,14-16H2,1-3H3. The molecule has 1 unspecified atom stereocenters. The zero-order valence-corrected chi connectivity index (χ0v) is 17.8. The van der Waals surface area contributed by atoms with Crippen molar-refractivity contribution in [2.24, 2.45) is 5.92 Å². The van der Waals surface area contributed by atoms with Crippen molar-refractivity contribution in [1.82, 2.24) is 9.55 Å². The third-order valence-corrected chi connectivity index (χ3v) is 5.23. The van der Waals surface area contributed by atoms with E-state index in [1.165, 1.54) is 0 Å². The number of ether oxygens (including phenoxy) is 1. The van der Waals surface area contributed by atoms with Crippen molar-refractivity contribution in [3.8, 4) is 17.0 Å². The lowest BCUT2D eigenvalue weighted by molar-refractivity contribution is -0.120. The minimum atomic E-state index is -0.0507. The van der Waals surface area contributed by atoms with Crippen molar-refractivity contribution >= 4 is 5.78 Å². The predicted octanol–water partition coefficient (Wildman–Crippen LogP) is 4.32. The van der Waals surface area contributed by atoms with Gasteiger partial charge in [-0.15, -0.1) is 0 Å². The number of hydrogen-bond acceptors (Lipinski definition) is 4. The minimum Gasteiger partial charge on any atom is -0.493 e. The fourth-order valence-corrected chi connectivity index (χ4v) is 3.32. The van der Waals surface area contributed by atoms with Gasteiger partial charge in [-0.3, -0.25) is 14.2 Å². The molecule has 1 atom stereocenters. The summed E-state index contributed by atoms with van der Waals surface area (Å²) in [6.07, 6.45) is 1.27. The molecule has 3 rings (SSSR count). The number of ketones is 1. The van der Waals surface area contributed by atoms with Crippen LogP contribution in [0.15, 0.2) is 65.5 Å². The number of benzene rings is 2. The minimum absolute atomic E-state index is 0.0190. The van der Waals surface area contributed by atoms with Gasteiger partial charge >= 0.3 is 0 Å². The van der Waals surface area contributed by atoms with Crippen LogP contribution in [0.5, 0.6) is 5.75 Å². The number of carbonyl (C=O) groups excluding carboxylic acids is 1. The van der Waals surface area contributed by atoms with E-state index in [1.54, 1.807) is 17.6 Å². The maximum Gasteiger partial charge on any atom is 0.254 e. The summed E-state index contributed by atoms with van der Waals surface area (Å²) in [4.78, 5) is 28.7. The Hall–Kier alpha value is -3.21. The van der Waals surface area contributed by atoms with Crippen LogP contribution in [-0.4, -0.2) is 21.9 Å². The molecule has 0 amide bonds. The van der Waals surface area contributed by atoms with E-state index in [4.69, 9.17) is 9.72 Å². The molecule has 0 aliphatic carbocycles. The van der Waals surface area contributed by atoms with Crippen LogP contribution in [0, 0.1) is 5.92 Å². The van der Waals surface area contributed by atoms with Crippen molar-refractivity contribution in [2.45, 2.75) is 40.2 Å². The van der Waals surface area contributed by atoms with Gasteiger partial charge in [-0.05, 0) is 38.0 Å². The van der Waals surface area contributed by atoms with E-state index in [0.29, 0.717) is 25.3 Å². The Morgan fingerprint density at radius 3 is 2.43 bits per heavy atom. The van der Waals surface area contributed by atoms with Gasteiger partial charge in [-0.2, -0.15) is 0 Å². The Morgan fingerprint density at radius 2 is 1.80 bits per heavy atom. The molecule has 1 heterocycles. The smallest absolute Gasteiger partial charge is 0.254 e. The monoisotopic (exact) mass is 404 g/mol. The molecular formula is C25H28N2O3. The van der Waals surface area contributed by atoms with E-state index in [-0.39, 0.29) is 17.3 Å². The van der Waals surface area contributed by atoms with Gasteiger partial charge in [0.05, 0.1) is 12.3 Å². The fourth-order valence-electron chi connectivity index (χ4n) is 3.32. The quantitative estimate of drug-likeness (QED) is 0.533. The summed E-state index contributed by atoms with van der Waals surface area (Å²) in [7, 11) is 0. The van der Waals surface area contributed by atoms with Crippen LogP contribution in [0.3, 0.4) is 0 Å². The second-order valence-corrected chi connectivity index (χ2v) is 7.46. The summed E-state index contributed by atoms with van der Waals surface area (Å²) in [5.41, 5.74) is 2.67. The molecule has 2 aromatic carbocycles. The first-order chi connectivity index (χ1) is 14.5. The van der Waals surface area contributed by atoms with Crippen molar-refractivity contribution < 1.29 is 9.53 Å². The van der Waals surface area contributed by atoms with E-state index < -0.39 is 0 Å². The first-order valence-electron chi connectivity index (χ1n) is 10.4. The second-order valence-electron chi connectivity index (χ2n) is 7.46. The average molecular weight is 405 g/mol. The van der Waals surface area contributed by atoms with Gasteiger partial charge < -0.3 is 4.74 Å².